The van der Waals surface area contributed by atoms with E-state index in [2.05, 4.69) is 0 Å². The Balaban J connectivity index is 1.91. The second-order valence-corrected chi connectivity index (χ2v) is 5.61. The topological polar surface area (TPSA) is 42.1 Å². The lowest BCUT2D eigenvalue weighted by Gasteiger charge is -2.30. The minimum atomic E-state index is -0.417. The third-order valence-corrected chi connectivity index (χ3v) is 2.85. The minimum absolute atomic E-state index is 0.102. The average molecular weight is 213 g/mol. The van der Waals surface area contributed by atoms with Gasteiger partial charge in [-0.1, -0.05) is 0 Å². The van der Waals surface area contributed by atoms with E-state index in [1.807, 2.05) is 27.7 Å². The molecular formula is C11H19NO3. The molecule has 0 saturated carbocycles. The number of amides is 1. The summed E-state index contributed by atoms with van der Waals surface area (Å²) in [5.41, 5.74) is -0.519. The summed E-state index contributed by atoms with van der Waals surface area (Å²) >= 11 is 0. The molecule has 0 spiro atoms. The smallest absolute Gasteiger partial charge is 0.410 e. The van der Waals surface area contributed by atoms with Gasteiger partial charge in [0.2, 0.25) is 0 Å². The van der Waals surface area contributed by atoms with Crippen molar-refractivity contribution in [3.05, 3.63) is 0 Å². The van der Waals surface area contributed by atoms with E-state index in [1.54, 1.807) is 4.90 Å². The van der Waals surface area contributed by atoms with Crippen molar-refractivity contribution in [2.75, 3.05) is 13.1 Å². The predicted octanol–water partition coefficient (Wildman–Crippen LogP) is 1.78. The van der Waals surface area contributed by atoms with Crippen LogP contribution in [0.3, 0.4) is 0 Å². The molecule has 4 nitrogen and oxygen atoms in total. The minimum Gasteiger partial charge on any atom is -0.444 e. The van der Waals surface area contributed by atoms with Crippen LogP contribution in [0.4, 0.5) is 4.79 Å². The molecule has 2 saturated heterocycles. The van der Waals surface area contributed by atoms with Crippen LogP contribution >= 0.6 is 0 Å². The molecule has 0 aromatic carbocycles. The number of likely N-dealkylation sites (tertiary alicyclic amines) is 1. The Labute approximate surface area is 90.5 Å². The number of rotatable bonds is 0. The molecular weight excluding hydrogens is 194 g/mol. The lowest BCUT2D eigenvalue weighted by Crippen LogP contribution is -2.45. The molecule has 0 N–H and O–H groups in total. The number of ether oxygens (including phenoxy) is 2. The summed E-state index contributed by atoms with van der Waals surface area (Å²) in [6, 6.07) is 0. The highest BCUT2D eigenvalue weighted by Gasteiger charge is 2.56. The summed E-state index contributed by atoms with van der Waals surface area (Å²) in [4.78, 5) is 13.5. The summed E-state index contributed by atoms with van der Waals surface area (Å²) in [5.74, 6) is 0. The van der Waals surface area contributed by atoms with Crippen LogP contribution in [0.25, 0.3) is 0 Å². The van der Waals surface area contributed by atoms with Gasteiger partial charge in [0.05, 0.1) is 12.6 Å². The lowest BCUT2D eigenvalue weighted by molar-refractivity contribution is 0.0198. The van der Waals surface area contributed by atoms with Crippen LogP contribution in [0.2, 0.25) is 0 Å². The normalized spacial score (nSPS) is 34.7. The third kappa shape index (κ3) is 2.25. The molecule has 2 atom stereocenters. The largest absolute Gasteiger partial charge is 0.444 e. The molecule has 2 rings (SSSR count). The zero-order chi connectivity index (χ0) is 11.3. The zero-order valence-corrected chi connectivity index (χ0v) is 9.87. The van der Waals surface area contributed by atoms with E-state index in [0.29, 0.717) is 12.6 Å². The van der Waals surface area contributed by atoms with Gasteiger partial charge in [0, 0.05) is 6.54 Å². The second kappa shape index (κ2) is 3.11. The molecule has 15 heavy (non-hydrogen) atoms. The van der Waals surface area contributed by atoms with Crippen LogP contribution in [0.5, 0.6) is 0 Å². The van der Waals surface area contributed by atoms with Crippen LogP contribution in [0.15, 0.2) is 0 Å². The molecule has 0 aromatic rings. The fourth-order valence-corrected chi connectivity index (χ4v) is 2.01. The number of nitrogens with zero attached hydrogens (tertiary/aromatic N) is 1. The molecule has 4 heteroatoms. The van der Waals surface area contributed by atoms with E-state index in [1.165, 1.54) is 0 Å². The summed E-state index contributed by atoms with van der Waals surface area (Å²) in [6.45, 7) is 9.10. The quantitative estimate of drug-likeness (QED) is 0.576. The maximum atomic E-state index is 11.8. The van der Waals surface area contributed by atoms with E-state index in [0.717, 1.165) is 13.0 Å². The standard InChI is InChI=1S/C11H19NO3/c1-10(2,3)15-9(13)12-6-5-8-11(4,7-12)14-8/h8H,5-7H2,1-4H3/t8-,11-/m1/s1. The Kier molecular flexibility index (Phi) is 2.23. The molecule has 0 aliphatic carbocycles. The Hall–Kier alpha value is -0.770. The van der Waals surface area contributed by atoms with Crippen molar-refractivity contribution in [2.24, 2.45) is 0 Å². The molecule has 2 aliphatic heterocycles. The first-order chi connectivity index (χ1) is 6.80. The van der Waals surface area contributed by atoms with Gasteiger partial charge in [-0.25, -0.2) is 4.79 Å². The average Bonchev–Trinajstić information content (AvgIpc) is 2.71. The van der Waals surface area contributed by atoms with Gasteiger partial charge in [-0.2, -0.15) is 0 Å². The Morgan fingerprint density at radius 3 is 2.73 bits per heavy atom. The third-order valence-electron chi connectivity index (χ3n) is 2.85. The Morgan fingerprint density at radius 2 is 2.20 bits per heavy atom. The highest BCUT2D eigenvalue weighted by Crippen LogP contribution is 2.42. The van der Waals surface area contributed by atoms with E-state index >= 15 is 0 Å². The van der Waals surface area contributed by atoms with Crippen molar-refractivity contribution in [1.82, 2.24) is 4.90 Å². The van der Waals surface area contributed by atoms with Gasteiger partial charge in [-0.05, 0) is 34.1 Å². The van der Waals surface area contributed by atoms with E-state index in [9.17, 15) is 4.79 Å². The number of epoxide rings is 1. The van der Waals surface area contributed by atoms with Crippen LogP contribution in [-0.4, -0.2) is 41.4 Å². The zero-order valence-electron chi connectivity index (χ0n) is 9.87. The molecule has 1 amide bonds. The molecule has 2 heterocycles. The number of hydrogen-bond acceptors (Lipinski definition) is 3. The van der Waals surface area contributed by atoms with Gasteiger partial charge in [0.1, 0.15) is 11.2 Å². The molecule has 0 bridgehead atoms. The lowest BCUT2D eigenvalue weighted by atomic mass is 10.0. The Bertz CT molecular complexity index is 284. The molecule has 0 aromatic heterocycles. The van der Waals surface area contributed by atoms with Crippen molar-refractivity contribution >= 4 is 6.09 Å². The number of piperidine rings is 1. The summed E-state index contributed by atoms with van der Waals surface area (Å²) in [7, 11) is 0. The van der Waals surface area contributed by atoms with Crippen molar-refractivity contribution in [3.63, 3.8) is 0 Å². The second-order valence-electron chi connectivity index (χ2n) is 5.61. The Morgan fingerprint density at radius 1 is 1.53 bits per heavy atom. The SMILES string of the molecule is CC(C)(C)OC(=O)N1CC[C@H]2O[C@]2(C)C1. The molecule has 0 unspecified atom stereocenters. The van der Waals surface area contributed by atoms with Crippen LogP contribution in [0.1, 0.15) is 34.1 Å². The van der Waals surface area contributed by atoms with Gasteiger partial charge >= 0.3 is 6.09 Å². The maximum Gasteiger partial charge on any atom is 0.410 e. The number of fused-ring (bicyclic) bond motifs is 1. The van der Waals surface area contributed by atoms with Crippen LogP contribution in [-0.2, 0) is 9.47 Å². The fourth-order valence-electron chi connectivity index (χ4n) is 2.01. The molecule has 2 fully saturated rings. The maximum absolute atomic E-state index is 11.8. The van der Waals surface area contributed by atoms with Crippen molar-refractivity contribution in [1.29, 1.82) is 0 Å². The van der Waals surface area contributed by atoms with Gasteiger partial charge in [0.25, 0.3) is 0 Å². The predicted molar refractivity (Wildman–Crippen MR) is 55.7 cm³/mol. The van der Waals surface area contributed by atoms with Crippen LogP contribution < -0.4 is 0 Å². The van der Waals surface area contributed by atoms with Gasteiger partial charge in [-0.3, -0.25) is 0 Å². The monoisotopic (exact) mass is 213 g/mol. The van der Waals surface area contributed by atoms with Gasteiger partial charge in [0.15, 0.2) is 0 Å². The summed E-state index contributed by atoms with van der Waals surface area (Å²) < 4.78 is 10.8. The molecule has 86 valence electrons. The molecule has 2 aliphatic rings. The van der Waals surface area contributed by atoms with Crippen molar-refractivity contribution in [3.8, 4) is 0 Å². The van der Waals surface area contributed by atoms with E-state index < -0.39 is 5.60 Å². The first-order valence-electron chi connectivity index (χ1n) is 5.46. The summed E-state index contributed by atoms with van der Waals surface area (Å²) in [6.07, 6.45) is 1.06. The number of carbonyl (C=O) groups excluding carboxylic acids is 1. The van der Waals surface area contributed by atoms with Crippen molar-refractivity contribution in [2.45, 2.75) is 51.4 Å². The molecule has 0 radical (unpaired) electrons. The first-order valence-corrected chi connectivity index (χ1v) is 5.46. The van der Waals surface area contributed by atoms with Gasteiger partial charge in [-0.15, -0.1) is 0 Å². The highest BCUT2D eigenvalue weighted by atomic mass is 16.6. The summed E-state index contributed by atoms with van der Waals surface area (Å²) in [5, 5.41) is 0. The highest BCUT2D eigenvalue weighted by molar-refractivity contribution is 5.68. The number of carbonyl (C=O) groups is 1. The van der Waals surface area contributed by atoms with E-state index in [-0.39, 0.29) is 11.7 Å². The fraction of sp³-hybridized carbons (Fsp3) is 0.909. The van der Waals surface area contributed by atoms with E-state index in [4.69, 9.17) is 9.47 Å². The van der Waals surface area contributed by atoms with Crippen molar-refractivity contribution < 1.29 is 14.3 Å². The van der Waals surface area contributed by atoms with Crippen LogP contribution in [0, 0.1) is 0 Å². The van der Waals surface area contributed by atoms with Gasteiger partial charge < -0.3 is 14.4 Å². The number of hydrogen-bond donors (Lipinski definition) is 0. The first kappa shape index (κ1) is 10.7.